The Morgan fingerprint density at radius 1 is 1.36 bits per heavy atom. The molecule has 25 heavy (non-hydrogen) atoms. The number of thiazole rings is 1. The van der Waals surface area contributed by atoms with Gasteiger partial charge in [0.05, 0.1) is 13.2 Å². The van der Waals surface area contributed by atoms with Crippen LogP contribution in [0.4, 0.5) is 0 Å². The molecule has 0 spiro atoms. The van der Waals surface area contributed by atoms with Gasteiger partial charge in [-0.3, -0.25) is 4.79 Å². The number of nitrogens with one attached hydrogen (secondary N) is 1. The molecule has 1 aliphatic rings. The Balaban J connectivity index is 1.64. The molecule has 1 heterocycles. The molecule has 1 aliphatic carbocycles. The number of nitrogens with two attached hydrogens (primary N) is 1. The van der Waals surface area contributed by atoms with Crippen LogP contribution in [-0.4, -0.2) is 24.1 Å². The van der Waals surface area contributed by atoms with Gasteiger partial charge in [-0.2, -0.15) is 0 Å². The fourth-order valence-electron chi connectivity index (χ4n) is 2.89. The number of benzene rings is 1. The van der Waals surface area contributed by atoms with E-state index >= 15 is 0 Å². The van der Waals surface area contributed by atoms with Gasteiger partial charge in [-0.1, -0.05) is 6.07 Å². The topological polar surface area (TPSA) is 86.5 Å². The molecule has 1 fully saturated rings. The van der Waals surface area contributed by atoms with Crippen molar-refractivity contribution in [1.82, 2.24) is 10.3 Å². The van der Waals surface area contributed by atoms with Gasteiger partial charge in [-0.25, -0.2) is 4.98 Å². The molecule has 0 aliphatic heterocycles. The minimum atomic E-state index is -0.204. The Kier molecular flexibility index (Phi) is 5.88. The number of carbonyl (C=O) groups excluding carboxylic acids is 1. The highest BCUT2D eigenvalue weighted by Gasteiger charge is 2.19. The summed E-state index contributed by atoms with van der Waals surface area (Å²) >= 11 is 1.39. The Hall–Kier alpha value is -2.12. The van der Waals surface area contributed by atoms with Crippen molar-refractivity contribution in [3.05, 3.63) is 39.8 Å². The lowest BCUT2D eigenvalue weighted by Crippen LogP contribution is -2.23. The first-order valence-electron chi connectivity index (χ1n) is 8.46. The fraction of sp³-hybridized carbons (Fsp3) is 0.444. The summed E-state index contributed by atoms with van der Waals surface area (Å²) < 4.78 is 11.5. The van der Waals surface area contributed by atoms with Crippen molar-refractivity contribution in [2.75, 3.05) is 7.11 Å². The van der Waals surface area contributed by atoms with Gasteiger partial charge in [0.25, 0.3) is 5.91 Å². The number of rotatable bonds is 7. The highest BCUT2D eigenvalue weighted by atomic mass is 32.1. The van der Waals surface area contributed by atoms with Crippen LogP contribution in [0.15, 0.2) is 23.6 Å². The molecule has 0 radical (unpaired) electrons. The van der Waals surface area contributed by atoms with E-state index in [1.165, 1.54) is 24.2 Å². The molecule has 6 nitrogen and oxygen atoms in total. The zero-order valence-corrected chi connectivity index (χ0v) is 15.1. The van der Waals surface area contributed by atoms with Crippen LogP contribution in [0.25, 0.3) is 0 Å². The highest BCUT2D eigenvalue weighted by Crippen LogP contribution is 2.32. The van der Waals surface area contributed by atoms with Crippen molar-refractivity contribution >= 4 is 17.2 Å². The second kappa shape index (κ2) is 8.31. The average molecular weight is 361 g/mol. The van der Waals surface area contributed by atoms with E-state index in [1.54, 1.807) is 12.5 Å². The summed E-state index contributed by atoms with van der Waals surface area (Å²) in [6, 6.07) is 5.73. The summed E-state index contributed by atoms with van der Waals surface area (Å²) in [5.74, 6) is 1.25. The van der Waals surface area contributed by atoms with Crippen LogP contribution in [0.1, 0.15) is 46.7 Å². The number of aromatic nitrogens is 1. The maximum Gasteiger partial charge on any atom is 0.271 e. The lowest BCUT2D eigenvalue weighted by Gasteiger charge is -2.17. The van der Waals surface area contributed by atoms with E-state index in [-0.39, 0.29) is 12.0 Å². The lowest BCUT2D eigenvalue weighted by atomic mass is 10.2. The first-order chi connectivity index (χ1) is 12.2. The van der Waals surface area contributed by atoms with Crippen LogP contribution in [0.5, 0.6) is 11.5 Å². The highest BCUT2D eigenvalue weighted by molar-refractivity contribution is 7.09. The number of ether oxygens (including phenoxy) is 2. The molecule has 0 bridgehead atoms. The summed E-state index contributed by atoms with van der Waals surface area (Å²) in [5.41, 5.74) is 6.89. The van der Waals surface area contributed by atoms with Gasteiger partial charge in [-0.05, 0) is 43.4 Å². The van der Waals surface area contributed by atoms with Crippen molar-refractivity contribution < 1.29 is 14.3 Å². The normalized spacial score (nSPS) is 14.5. The zero-order chi connectivity index (χ0) is 17.6. The predicted octanol–water partition coefficient (Wildman–Crippen LogP) is 2.86. The summed E-state index contributed by atoms with van der Waals surface area (Å²) in [5, 5.41) is 5.35. The molecule has 1 saturated carbocycles. The molecule has 1 aromatic heterocycles. The molecule has 0 saturated heterocycles. The number of nitrogens with zero attached hydrogens (tertiary/aromatic N) is 1. The third-order valence-corrected chi connectivity index (χ3v) is 5.11. The average Bonchev–Trinajstić information content (AvgIpc) is 3.31. The van der Waals surface area contributed by atoms with Crippen molar-refractivity contribution in [3.63, 3.8) is 0 Å². The van der Waals surface area contributed by atoms with Gasteiger partial charge in [0.1, 0.15) is 10.7 Å². The number of hydrogen-bond donors (Lipinski definition) is 2. The number of carbonyl (C=O) groups is 1. The smallest absolute Gasteiger partial charge is 0.271 e. The quantitative estimate of drug-likeness (QED) is 0.792. The monoisotopic (exact) mass is 361 g/mol. The molecule has 0 unspecified atom stereocenters. The Bertz CT molecular complexity index is 726. The minimum Gasteiger partial charge on any atom is -0.493 e. The molecular weight excluding hydrogens is 338 g/mol. The molecule has 1 aromatic carbocycles. The fourth-order valence-corrected chi connectivity index (χ4v) is 3.55. The first-order valence-corrected chi connectivity index (χ1v) is 9.34. The van der Waals surface area contributed by atoms with E-state index in [0.29, 0.717) is 24.5 Å². The number of methoxy groups -OCH3 is 1. The molecule has 1 amide bonds. The second-order valence-electron chi connectivity index (χ2n) is 6.02. The third-order valence-electron chi connectivity index (χ3n) is 4.24. The maximum absolute atomic E-state index is 12.2. The van der Waals surface area contributed by atoms with E-state index in [1.807, 2.05) is 18.2 Å². The maximum atomic E-state index is 12.2. The lowest BCUT2D eigenvalue weighted by molar-refractivity contribution is 0.0946. The SMILES string of the molecule is COc1ccc(CNC(=O)c2csc(CN)n2)cc1OC1CCCC1. The number of hydrogen-bond acceptors (Lipinski definition) is 6. The standard InChI is InChI=1S/C18H23N3O3S/c1-23-15-7-6-12(8-16(15)24-13-4-2-3-5-13)10-20-18(22)14-11-25-17(9-19)21-14/h6-8,11,13H,2-5,9-10,19H2,1H3,(H,20,22). The van der Waals surface area contributed by atoms with Gasteiger partial charge < -0.3 is 20.5 Å². The zero-order valence-electron chi connectivity index (χ0n) is 14.3. The van der Waals surface area contributed by atoms with Crippen molar-refractivity contribution in [1.29, 1.82) is 0 Å². The van der Waals surface area contributed by atoms with Gasteiger partial charge >= 0.3 is 0 Å². The van der Waals surface area contributed by atoms with E-state index in [4.69, 9.17) is 15.2 Å². The molecule has 2 aromatic rings. The van der Waals surface area contributed by atoms with Crippen LogP contribution >= 0.6 is 11.3 Å². The van der Waals surface area contributed by atoms with E-state index in [0.717, 1.165) is 29.2 Å². The van der Waals surface area contributed by atoms with E-state index < -0.39 is 0 Å². The Morgan fingerprint density at radius 3 is 2.84 bits per heavy atom. The minimum absolute atomic E-state index is 0.204. The van der Waals surface area contributed by atoms with Crippen LogP contribution in [-0.2, 0) is 13.1 Å². The molecule has 3 N–H and O–H groups in total. The van der Waals surface area contributed by atoms with Gasteiger partial charge in [0.2, 0.25) is 0 Å². The Morgan fingerprint density at radius 2 is 2.16 bits per heavy atom. The van der Waals surface area contributed by atoms with Gasteiger partial charge in [-0.15, -0.1) is 11.3 Å². The van der Waals surface area contributed by atoms with Crippen LogP contribution in [0, 0.1) is 0 Å². The predicted molar refractivity (Wildman–Crippen MR) is 97.1 cm³/mol. The van der Waals surface area contributed by atoms with Gasteiger partial charge in [0, 0.05) is 18.5 Å². The largest absolute Gasteiger partial charge is 0.493 e. The Labute approximate surface area is 151 Å². The molecule has 134 valence electrons. The molecule has 0 atom stereocenters. The first kappa shape index (κ1) is 17.7. The summed E-state index contributed by atoms with van der Waals surface area (Å²) in [6.07, 6.45) is 4.83. The van der Waals surface area contributed by atoms with Crippen LogP contribution in [0.3, 0.4) is 0 Å². The number of amides is 1. The van der Waals surface area contributed by atoms with Crippen LogP contribution in [0.2, 0.25) is 0 Å². The second-order valence-corrected chi connectivity index (χ2v) is 6.97. The van der Waals surface area contributed by atoms with Gasteiger partial charge in [0.15, 0.2) is 11.5 Å². The van der Waals surface area contributed by atoms with Crippen molar-refractivity contribution in [3.8, 4) is 11.5 Å². The van der Waals surface area contributed by atoms with E-state index in [9.17, 15) is 4.79 Å². The molecule has 7 heteroatoms. The summed E-state index contributed by atoms with van der Waals surface area (Å²) in [7, 11) is 1.63. The van der Waals surface area contributed by atoms with E-state index in [2.05, 4.69) is 10.3 Å². The van der Waals surface area contributed by atoms with Crippen molar-refractivity contribution in [2.24, 2.45) is 5.73 Å². The molecule has 3 rings (SSSR count). The third kappa shape index (κ3) is 4.49. The summed E-state index contributed by atoms with van der Waals surface area (Å²) in [6.45, 7) is 0.748. The van der Waals surface area contributed by atoms with Crippen molar-refractivity contribution in [2.45, 2.75) is 44.9 Å². The molecular formula is C18H23N3O3S. The summed E-state index contributed by atoms with van der Waals surface area (Å²) in [4.78, 5) is 16.4. The van der Waals surface area contributed by atoms with Crippen LogP contribution < -0.4 is 20.5 Å².